The van der Waals surface area contributed by atoms with Gasteiger partial charge in [0.2, 0.25) is 5.96 Å². The van der Waals surface area contributed by atoms with Gasteiger partial charge in [0.05, 0.1) is 17.2 Å². The molecule has 0 atom stereocenters. The van der Waals surface area contributed by atoms with Crippen molar-refractivity contribution in [2.45, 2.75) is 33.4 Å². The van der Waals surface area contributed by atoms with Crippen molar-refractivity contribution in [3.63, 3.8) is 0 Å². The van der Waals surface area contributed by atoms with Crippen molar-refractivity contribution in [1.82, 2.24) is 15.7 Å². The van der Waals surface area contributed by atoms with Crippen LogP contribution in [0.5, 0.6) is 0 Å². The second-order valence-electron chi connectivity index (χ2n) is 3.47. The Balaban J connectivity index is 2.54. The van der Waals surface area contributed by atoms with Crippen LogP contribution in [0.1, 0.15) is 24.5 Å². The summed E-state index contributed by atoms with van der Waals surface area (Å²) in [5.41, 5.74) is 3.49. The highest BCUT2D eigenvalue weighted by molar-refractivity contribution is 7.09. The molecule has 0 aliphatic heterocycles. The number of nitrogens with two attached hydrogens (primary N) is 1. The molecular formula is C9H17N5S. The van der Waals surface area contributed by atoms with Crippen LogP contribution in [0.15, 0.2) is 10.4 Å². The molecule has 1 aromatic rings. The van der Waals surface area contributed by atoms with E-state index < -0.39 is 0 Å². The molecule has 0 unspecified atom stereocenters. The van der Waals surface area contributed by atoms with Gasteiger partial charge in [0, 0.05) is 11.4 Å². The first-order valence-electron chi connectivity index (χ1n) is 4.80. The zero-order valence-electron chi connectivity index (χ0n) is 9.24. The Labute approximate surface area is 93.8 Å². The summed E-state index contributed by atoms with van der Waals surface area (Å²) in [5, 5.41) is 6.15. The lowest BCUT2D eigenvalue weighted by molar-refractivity contribution is 0.701. The summed E-state index contributed by atoms with van der Waals surface area (Å²) < 4.78 is 0. The number of thiazole rings is 1. The Morgan fingerprint density at radius 3 is 2.87 bits per heavy atom. The minimum atomic E-state index is 0.303. The van der Waals surface area contributed by atoms with Gasteiger partial charge in [-0.1, -0.05) is 0 Å². The summed E-state index contributed by atoms with van der Waals surface area (Å²) in [7, 11) is 0. The number of rotatable bonds is 3. The highest BCUT2D eigenvalue weighted by atomic mass is 32.1. The fourth-order valence-corrected chi connectivity index (χ4v) is 1.65. The molecular weight excluding hydrogens is 210 g/mol. The number of nitrogens with one attached hydrogen (secondary N) is 2. The largest absolute Gasteiger partial charge is 0.353 e. The van der Waals surface area contributed by atoms with Crippen LogP contribution < -0.4 is 16.6 Å². The minimum absolute atomic E-state index is 0.303. The maximum absolute atomic E-state index is 5.33. The molecule has 0 bridgehead atoms. The third-order valence-corrected chi connectivity index (χ3v) is 2.45. The molecule has 0 aliphatic carbocycles. The third-order valence-electron chi connectivity index (χ3n) is 1.63. The van der Waals surface area contributed by atoms with Gasteiger partial charge in [-0.15, -0.1) is 11.3 Å². The zero-order chi connectivity index (χ0) is 11.3. The maximum atomic E-state index is 5.33. The van der Waals surface area contributed by atoms with E-state index in [2.05, 4.69) is 20.7 Å². The topological polar surface area (TPSA) is 75.3 Å². The Hall–Kier alpha value is -1.14. The lowest BCUT2D eigenvalue weighted by Gasteiger charge is -2.11. The number of hydrogen-bond donors (Lipinski definition) is 3. The van der Waals surface area contributed by atoms with Gasteiger partial charge < -0.3 is 5.32 Å². The summed E-state index contributed by atoms with van der Waals surface area (Å²) >= 11 is 1.63. The van der Waals surface area contributed by atoms with E-state index in [1.165, 1.54) is 0 Å². The molecule has 1 aromatic heterocycles. The van der Waals surface area contributed by atoms with Gasteiger partial charge >= 0.3 is 0 Å². The fourth-order valence-electron chi connectivity index (χ4n) is 1.05. The summed E-state index contributed by atoms with van der Waals surface area (Å²) in [5.74, 6) is 5.92. The van der Waals surface area contributed by atoms with Gasteiger partial charge in [0.25, 0.3) is 0 Å². The molecule has 15 heavy (non-hydrogen) atoms. The van der Waals surface area contributed by atoms with Crippen LogP contribution in [0.25, 0.3) is 0 Å². The van der Waals surface area contributed by atoms with Crippen LogP contribution >= 0.6 is 11.3 Å². The summed E-state index contributed by atoms with van der Waals surface area (Å²) in [6.07, 6.45) is 0. The van der Waals surface area contributed by atoms with Gasteiger partial charge in [-0.05, 0) is 20.8 Å². The van der Waals surface area contributed by atoms with Crippen molar-refractivity contribution >= 4 is 17.3 Å². The van der Waals surface area contributed by atoms with Crippen molar-refractivity contribution in [3.05, 3.63) is 16.1 Å². The molecule has 0 saturated carbocycles. The predicted molar refractivity (Wildman–Crippen MR) is 63.6 cm³/mol. The summed E-state index contributed by atoms with van der Waals surface area (Å²) in [4.78, 5) is 8.59. The second-order valence-corrected chi connectivity index (χ2v) is 4.53. The molecule has 0 aromatic carbocycles. The van der Waals surface area contributed by atoms with Crippen LogP contribution in [0.3, 0.4) is 0 Å². The molecule has 0 amide bonds. The molecule has 6 heteroatoms. The molecule has 0 fully saturated rings. The third kappa shape index (κ3) is 4.26. The van der Waals surface area contributed by atoms with Crippen molar-refractivity contribution in [3.8, 4) is 0 Å². The average molecular weight is 227 g/mol. The van der Waals surface area contributed by atoms with E-state index in [-0.39, 0.29) is 0 Å². The number of aryl methyl sites for hydroxylation is 1. The van der Waals surface area contributed by atoms with Crippen LogP contribution in [-0.2, 0) is 6.54 Å². The van der Waals surface area contributed by atoms with Gasteiger partial charge in [0.1, 0.15) is 0 Å². The molecule has 0 spiro atoms. The van der Waals surface area contributed by atoms with E-state index in [1.807, 2.05) is 26.2 Å². The lowest BCUT2D eigenvalue weighted by Crippen LogP contribution is -2.44. The lowest BCUT2D eigenvalue weighted by atomic mass is 10.4. The van der Waals surface area contributed by atoms with E-state index in [0.29, 0.717) is 18.5 Å². The Bertz CT molecular complexity index is 331. The van der Waals surface area contributed by atoms with Crippen LogP contribution in [0.2, 0.25) is 0 Å². The highest BCUT2D eigenvalue weighted by Gasteiger charge is 2.00. The number of hydrogen-bond acceptors (Lipinski definition) is 4. The maximum Gasteiger partial charge on any atom is 0.206 e. The SMILES string of the molecule is Cc1nc(CN=C(NN)NC(C)C)cs1. The van der Waals surface area contributed by atoms with E-state index in [9.17, 15) is 0 Å². The van der Waals surface area contributed by atoms with Crippen molar-refractivity contribution in [2.75, 3.05) is 0 Å². The number of hydrazine groups is 1. The number of guanidine groups is 1. The molecule has 4 N–H and O–H groups in total. The van der Waals surface area contributed by atoms with Gasteiger partial charge in [-0.2, -0.15) is 0 Å². The van der Waals surface area contributed by atoms with Crippen molar-refractivity contribution < 1.29 is 0 Å². The molecule has 5 nitrogen and oxygen atoms in total. The first-order valence-corrected chi connectivity index (χ1v) is 5.68. The minimum Gasteiger partial charge on any atom is -0.353 e. The van der Waals surface area contributed by atoms with E-state index >= 15 is 0 Å². The highest BCUT2D eigenvalue weighted by Crippen LogP contribution is 2.08. The first kappa shape index (κ1) is 11.9. The van der Waals surface area contributed by atoms with Gasteiger partial charge in [-0.3, -0.25) is 5.43 Å². The van der Waals surface area contributed by atoms with Crippen LogP contribution in [0.4, 0.5) is 0 Å². The van der Waals surface area contributed by atoms with E-state index in [0.717, 1.165) is 10.7 Å². The van der Waals surface area contributed by atoms with Gasteiger partial charge in [0.15, 0.2) is 0 Å². The smallest absolute Gasteiger partial charge is 0.206 e. The van der Waals surface area contributed by atoms with Crippen LogP contribution in [-0.4, -0.2) is 17.0 Å². The van der Waals surface area contributed by atoms with Crippen molar-refractivity contribution in [1.29, 1.82) is 0 Å². The first-order chi connectivity index (χ1) is 7.11. The van der Waals surface area contributed by atoms with Gasteiger partial charge in [-0.25, -0.2) is 15.8 Å². The molecule has 1 heterocycles. The zero-order valence-corrected chi connectivity index (χ0v) is 10.1. The molecule has 0 saturated heterocycles. The second kappa shape index (κ2) is 5.67. The van der Waals surface area contributed by atoms with Crippen molar-refractivity contribution in [2.24, 2.45) is 10.8 Å². The van der Waals surface area contributed by atoms with E-state index in [4.69, 9.17) is 5.84 Å². The molecule has 1 rings (SSSR count). The summed E-state index contributed by atoms with van der Waals surface area (Å²) in [6, 6.07) is 0.303. The number of aliphatic imine (C=N–C) groups is 1. The normalized spacial score (nSPS) is 11.9. The Kier molecular flexibility index (Phi) is 4.51. The Morgan fingerprint density at radius 2 is 2.40 bits per heavy atom. The molecule has 0 aliphatic rings. The summed E-state index contributed by atoms with van der Waals surface area (Å²) in [6.45, 7) is 6.58. The fraction of sp³-hybridized carbons (Fsp3) is 0.556. The van der Waals surface area contributed by atoms with E-state index in [1.54, 1.807) is 11.3 Å². The number of nitrogens with zero attached hydrogens (tertiary/aromatic N) is 2. The van der Waals surface area contributed by atoms with Crippen LogP contribution in [0, 0.1) is 6.92 Å². The molecule has 0 radical (unpaired) electrons. The number of aromatic nitrogens is 1. The standard InChI is InChI=1S/C9H17N5S/c1-6(2)12-9(14-10)11-4-8-5-15-7(3)13-8/h5-6H,4,10H2,1-3H3,(H2,11,12,14). The predicted octanol–water partition coefficient (Wildman–Crippen LogP) is 0.769. The average Bonchev–Trinajstić information content (AvgIpc) is 2.58. The quantitative estimate of drug-likeness (QED) is 0.308. The molecule has 84 valence electrons. The monoisotopic (exact) mass is 227 g/mol. The Morgan fingerprint density at radius 1 is 1.67 bits per heavy atom.